The van der Waals surface area contributed by atoms with Crippen LogP contribution in [0.25, 0.3) is 0 Å². The van der Waals surface area contributed by atoms with E-state index < -0.39 is 0 Å². The Morgan fingerprint density at radius 2 is 1.60 bits per heavy atom. The fraction of sp³-hybridized carbons (Fsp3) is 0.591. The molecule has 0 bridgehead atoms. The molecule has 0 spiro atoms. The second kappa shape index (κ2) is 8.55. The smallest absolute Gasteiger partial charge is 0.232 e. The maximum Gasteiger partial charge on any atom is 0.232 e. The van der Waals surface area contributed by atoms with Crippen molar-refractivity contribution < 1.29 is 4.74 Å². The van der Waals surface area contributed by atoms with Gasteiger partial charge in [0.05, 0.1) is 12.1 Å². The highest BCUT2D eigenvalue weighted by atomic mass is 16.5. The highest BCUT2D eigenvalue weighted by molar-refractivity contribution is 5.24. The van der Waals surface area contributed by atoms with E-state index in [0.29, 0.717) is 18.4 Å². The lowest BCUT2D eigenvalue weighted by Gasteiger charge is -2.25. The molecule has 0 saturated carbocycles. The molecule has 2 rings (SSSR count). The Hall–Kier alpha value is -1.77. The van der Waals surface area contributed by atoms with Crippen LogP contribution in [0.3, 0.4) is 0 Å². The summed E-state index contributed by atoms with van der Waals surface area (Å²) in [6, 6.07) is 11.0. The molecule has 2 aromatic rings. The van der Waals surface area contributed by atoms with E-state index in [-0.39, 0.29) is 5.54 Å². The fourth-order valence-corrected chi connectivity index (χ4v) is 2.83. The molecule has 0 aliphatic rings. The van der Waals surface area contributed by atoms with E-state index in [1.165, 1.54) is 17.5 Å². The van der Waals surface area contributed by atoms with E-state index in [2.05, 4.69) is 70.9 Å². The minimum Gasteiger partial charge on any atom is -0.476 e. The number of ether oxygens (including phenoxy) is 1. The van der Waals surface area contributed by atoms with Gasteiger partial charge in [0.1, 0.15) is 0 Å². The molecule has 138 valence electrons. The zero-order valence-corrected chi connectivity index (χ0v) is 16.7. The van der Waals surface area contributed by atoms with E-state index >= 15 is 0 Å². The summed E-state index contributed by atoms with van der Waals surface area (Å²) in [5.74, 6) is 1.98. The molecule has 0 N–H and O–H groups in total. The van der Waals surface area contributed by atoms with Gasteiger partial charge in [0.2, 0.25) is 5.88 Å². The third kappa shape index (κ3) is 6.22. The number of hydrogen-bond acceptors (Lipinski definition) is 2. The summed E-state index contributed by atoms with van der Waals surface area (Å²) in [5, 5.41) is 4.61. The molecule has 3 nitrogen and oxygen atoms in total. The van der Waals surface area contributed by atoms with Crippen LogP contribution in [0.4, 0.5) is 0 Å². The van der Waals surface area contributed by atoms with Crippen molar-refractivity contribution in [2.45, 2.75) is 66.3 Å². The average molecular weight is 343 g/mol. The summed E-state index contributed by atoms with van der Waals surface area (Å²) < 4.78 is 7.75. The number of aryl methyl sites for hydroxylation is 1. The Morgan fingerprint density at radius 3 is 2.20 bits per heavy atom. The molecule has 1 aromatic heterocycles. The molecule has 0 aliphatic carbocycles. The van der Waals surface area contributed by atoms with Gasteiger partial charge in [-0.25, -0.2) is 0 Å². The highest BCUT2D eigenvalue weighted by Crippen LogP contribution is 2.23. The Kier molecular flexibility index (Phi) is 6.69. The van der Waals surface area contributed by atoms with Crippen LogP contribution in [0.2, 0.25) is 0 Å². The first-order valence-electron chi connectivity index (χ1n) is 9.53. The molecule has 1 aromatic carbocycles. The van der Waals surface area contributed by atoms with Gasteiger partial charge in [-0.2, -0.15) is 0 Å². The van der Waals surface area contributed by atoms with E-state index in [1.807, 2.05) is 16.9 Å². The van der Waals surface area contributed by atoms with Crippen LogP contribution in [0.1, 0.15) is 59.1 Å². The van der Waals surface area contributed by atoms with Gasteiger partial charge in [-0.15, -0.1) is 5.10 Å². The molecule has 0 fully saturated rings. The van der Waals surface area contributed by atoms with Crippen LogP contribution in [0.5, 0.6) is 5.88 Å². The molecule has 0 amide bonds. The number of aromatic nitrogens is 2. The second-order valence-electron chi connectivity index (χ2n) is 8.54. The minimum atomic E-state index is -0.0844. The lowest BCUT2D eigenvalue weighted by molar-refractivity contribution is 0.246. The third-order valence-electron chi connectivity index (χ3n) is 4.42. The van der Waals surface area contributed by atoms with Crippen molar-refractivity contribution >= 4 is 0 Å². The summed E-state index contributed by atoms with van der Waals surface area (Å²) in [6.07, 6.45) is 5.38. The summed E-state index contributed by atoms with van der Waals surface area (Å²) in [5.41, 5.74) is 2.69. The second-order valence-corrected chi connectivity index (χ2v) is 8.54. The molecule has 0 aliphatic heterocycles. The SMILES string of the molecule is CC(C)CCc1ccc(CC(C)(C)n2ccc(OCC(C)C)n2)cc1. The van der Waals surface area contributed by atoms with E-state index in [4.69, 9.17) is 4.74 Å². The Morgan fingerprint density at radius 1 is 0.960 bits per heavy atom. The van der Waals surface area contributed by atoms with Crippen LogP contribution in [0, 0.1) is 11.8 Å². The van der Waals surface area contributed by atoms with Gasteiger partial charge in [-0.05, 0) is 56.1 Å². The van der Waals surface area contributed by atoms with Crippen LogP contribution < -0.4 is 4.74 Å². The number of hydrogen-bond donors (Lipinski definition) is 0. The Bertz CT molecular complexity index is 638. The first-order chi connectivity index (χ1) is 11.8. The summed E-state index contributed by atoms with van der Waals surface area (Å²) >= 11 is 0. The molecular formula is C22H34N2O. The molecule has 0 radical (unpaired) electrons. The molecule has 0 atom stereocenters. The first-order valence-corrected chi connectivity index (χ1v) is 9.53. The number of rotatable bonds is 9. The van der Waals surface area contributed by atoms with Gasteiger partial charge >= 0.3 is 0 Å². The monoisotopic (exact) mass is 342 g/mol. The lowest BCUT2D eigenvalue weighted by Crippen LogP contribution is -2.29. The molecule has 0 saturated heterocycles. The maximum absolute atomic E-state index is 5.72. The Labute approximate surface area is 153 Å². The zero-order valence-electron chi connectivity index (χ0n) is 16.7. The molecule has 1 heterocycles. The van der Waals surface area contributed by atoms with Crippen molar-refractivity contribution in [3.8, 4) is 5.88 Å². The molecule has 3 heteroatoms. The largest absolute Gasteiger partial charge is 0.476 e. The predicted molar refractivity (Wildman–Crippen MR) is 105 cm³/mol. The minimum absolute atomic E-state index is 0.0844. The van der Waals surface area contributed by atoms with Gasteiger partial charge in [0.25, 0.3) is 0 Å². The van der Waals surface area contributed by atoms with Crippen molar-refractivity contribution in [1.29, 1.82) is 0 Å². The third-order valence-corrected chi connectivity index (χ3v) is 4.42. The standard InChI is InChI=1S/C22H34N2O/c1-17(2)7-8-19-9-11-20(12-10-19)15-22(5,6)24-14-13-21(23-24)25-16-18(3)4/h9-14,17-18H,7-8,15-16H2,1-6H3. The van der Waals surface area contributed by atoms with Crippen molar-refractivity contribution in [2.24, 2.45) is 11.8 Å². The summed E-state index contributed by atoms with van der Waals surface area (Å²) in [7, 11) is 0. The average Bonchev–Trinajstić information content (AvgIpc) is 3.02. The first kappa shape index (κ1) is 19.6. The molecule has 25 heavy (non-hydrogen) atoms. The van der Waals surface area contributed by atoms with Crippen molar-refractivity contribution in [3.05, 3.63) is 47.7 Å². The van der Waals surface area contributed by atoms with E-state index in [0.717, 1.165) is 18.8 Å². The predicted octanol–water partition coefficient (Wildman–Crippen LogP) is 5.48. The van der Waals surface area contributed by atoms with E-state index in [1.54, 1.807) is 0 Å². The maximum atomic E-state index is 5.72. The van der Waals surface area contributed by atoms with Gasteiger partial charge in [0.15, 0.2) is 0 Å². The molecule has 0 unspecified atom stereocenters. The van der Waals surface area contributed by atoms with Crippen LogP contribution >= 0.6 is 0 Å². The van der Waals surface area contributed by atoms with Crippen LogP contribution in [0.15, 0.2) is 36.5 Å². The van der Waals surface area contributed by atoms with Crippen LogP contribution in [-0.2, 0) is 18.4 Å². The van der Waals surface area contributed by atoms with Gasteiger partial charge in [-0.1, -0.05) is 52.0 Å². The van der Waals surface area contributed by atoms with Crippen molar-refractivity contribution in [3.63, 3.8) is 0 Å². The highest BCUT2D eigenvalue weighted by Gasteiger charge is 2.22. The zero-order chi connectivity index (χ0) is 18.4. The number of benzene rings is 1. The van der Waals surface area contributed by atoms with Crippen molar-refractivity contribution in [1.82, 2.24) is 9.78 Å². The topological polar surface area (TPSA) is 27.1 Å². The van der Waals surface area contributed by atoms with Gasteiger partial charge in [0, 0.05) is 12.3 Å². The summed E-state index contributed by atoms with van der Waals surface area (Å²) in [4.78, 5) is 0. The quantitative estimate of drug-likeness (QED) is 0.603. The van der Waals surface area contributed by atoms with Gasteiger partial charge in [-0.3, -0.25) is 4.68 Å². The molecular weight excluding hydrogens is 308 g/mol. The summed E-state index contributed by atoms with van der Waals surface area (Å²) in [6.45, 7) is 14.0. The van der Waals surface area contributed by atoms with Crippen LogP contribution in [-0.4, -0.2) is 16.4 Å². The van der Waals surface area contributed by atoms with Gasteiger partial charge < -0.3 is 4.74 Å². The Balaban J connectivity index is 1.98. The van der Waals surface area contributed by atoms with Crippen molar-refractivity contribution in [2.75, 3.05) is 6.61 Å². The lowest BCUT2D eigenvalue weighted by atomic mass is 9.93. The van der Waals surface area contributed by atoms with E-state index in [9.17, 15) is 0 Å². The normalized spacial score (nSPS) is 12.2. The fourth-order valence-electron chi connectivity index (χ4n) is 2.83. The number of nitrogens with zero attached hydrogens (tertiary/aromatic N) is 2.